The Morgan fingerprint density at radius 1 is 1.18 bits per heavy atom. The molecular weight excluding hydrogens is 279 g/mol. The number of hydrogen-bond donors (Lipinski definition) is 0. The molecule has 2 aliphatic heterocycles. The lowest BCUT2D eigenvalue weighted by atomic mass is 9.78. The highest BCUT2D eigenvalue weighted by Gasteiger charge is 2.44. The van der Waals surface area contributed by atoms with Crippen molar-refractivity contribution in [2.45, 2.75) is 18.3 Å². The van der Waals surface area contributed by atoms with E-state index in [2.05, 4.69) is 16.0 Å². The predicted octanol–water partition coefficient (Wildman–Crippen LogP) is 3.24. The van der Waals surface area contributed by atoms with Crippen molar-refractivity contribution in [2.75, 3.05) is 26.7 Å². The molecular formula is C18H19FN2O. The molecule has 0 radical (unpaired) electrons. The van der Waals surface area contributed by atoms with Gasteiger partial charge in [0.15, 0.2) is 0 Å². The molecule has 3 nitrogen and oxygen atoms in total. The highest BCUT2D eigenvalue weighted by molar-refractivity contribution is 5.61. The van der Waals surface area contributed by atoms with Crippen molar-refractivity contribution in [1.82, 2.24) is 9.88 Å². The van der Waals surface area contributed by atoms with Crippen molar-refractivity contribution in [2.24, 2.45) is 0 Å². The summed E-state index contributed by atoms with van der Waals surface area (Å²) < 4.78 is 18.8. The van der Waals surface area contributed by atoms with Crippen LogP contribution in [0.1, 0.15) is 18.4 Å². The lowest BCUT2D eigenvalue weighted by Crippen LogP contribution is -2.24. The monoisotopic (exact) mass is 298 g/mol. The number of pyridine rings is 1. The number of aromatic nitrogens is 1. The summed E-state index contributed by atoms with van der Waals surface area (Å²) in [6.45, 7) is 3.55. The van der Waals surface area contributed by atoms with Gasteiger partial charge in [-0.3, -0.25) is 4.98 Å². The van der Waals surface area contributed by atoms with Crippen LogP contribution in [0.3, 0.4) is 0 Å². The molecule has 0 unspecified atom stereocenters. The van der Waals surface area contributed by atoms with E-state index in [1.165, 1.54) is 43.6 Å². The third kappa shape index (κ3) is 2.18. The van der Waals surface area contributed by atoms with E-state index < -0.39 is 0 Å². The van der Waals surface area contributed by atoms with Gasteiger partial charge in [-0.15, -0.1) is 0 Å². The molecule has 4 rings (SSSR count). The summed E-state index contributed by atoms with van der Waals surface area (Å²) in [5.74, 6) is 0.211. The summed E-state index contributed by atoms with van der Waals surface area (Å²) in [5.41, 5.74) is 3.15. The molecule has 0 spiro atoms. The Balaban J connectivity index is 1.66. The topological polar surface area (TPSA) is 25.4 Å². The predicted molar refractivity (Wildman–Crippen MR) is 83.5 cm³/mol. The quantitative estimate of drug-likeness (QED) is 0.870. The van der Waals surface area contributed by atoms with Gasteiger partial charge in [-0.2, -0.15) is 0 Å². The minimum absolute atomic E-state index is 0.297. The van der Waals surface area contributed by atoms with Crippen molar-refractivity contribution in [1.29, 1.82) is 0 Å². The number of methoxy groups -OCH3 is 1. The third-order valence-electron chi connectivity index (χ3n) is 5.12. The second kappa shape index (κ2) is 5.06. The van der Waals surface area contributed by atoms with Crippen molar-refractivity contribution in [3.05, 3.63) is 47.9 Å². The average molecular weight is 298 g/mol. The van der Waals surface area contributed by atoms with Gasteiger partial charge in [0.05, 0.1) is 12.8 Å². The molecule has 2 bridgehead atoms. The van der Waals surface area contributed by atoms with E-state index >= 15 is 0 Å². The summed E-state index contributed by atoms with van der Waals surface area (Å²) in [6.07, 6.45) is 4.42. The lowest BCUT2D eigenvalue weighted by Gasteiger charge is -2.25. The van der Waals surface area contributed by atoms with Crippen LogP contribution in [0.15, 0.2) is 36.5 Å². The van der Waals surface area contributed by atoms with Gasteiger partial charge in [-0.05, 0) is 49.7 Å². The SMILES string of the molecule is COc1cc(F)cc(-c2ccc(C34CCN(CC3)C4)cn2)c1. The van der Waals surface area contributed by atoms with Gasteiger partial charge in [0.2, 0.25) is 0 Å². The maximum Gasteiger partial charge on any atom is 0.127 e. The second-order valence-corrected chi connectivity index (χ2v) is 6.37. The van der Waals surface area contributed by atoms with Gasteiger partial charge in [0.1, 0.15) is 11.6 Å². The van der Waals surface area contributed by atoms with E-state index in [9.17, 15) is 4.39 Å². The zero-order valence-electron chi connectivity index (χ0n) is 12.7. The maximum absolute atomic E-state index is 13.6. The summed E-state index contributed by atoms with van der Waals surface area (Å²) >= 11 is 0. The Hall–Kier alpha value is -1.94. The van der Waals surface area contributed by atoms with Gasteiger partial charge >= 0.3 is 0 Å². The highest BCUT2D eigenvalue weighted by Crippen LogP contribution is 2.43. The van der Waals surface area contributed by atoms with Crippen molar-refractivity contribution in [3.63, 3.8) is 0 Å². The largest absolute Gasteiger partial charge is 0.497 e. The van der Waals surface area contributed by atoms with Crippen LogP contribution >= 0.6 is 0 Å². The molecule has 1 aromatic heterocycles. The number of piperidine rings is 1. The number of halogens is 1. The summed E-state index contributed by atoms with van der Waals surface area (Å²) in [7, 11) is 1.54. The molecule has 0 atom stereocenters. The summed E-state index contributed by atoms with van der Waals surface area (Å²) in [5, 5.41) is 0. The number of ether oxygens (including phenoxy) is 1. The number of benzene rings is 1. The minimum atomic E-state index is -0.305. The number of nitrogens with zero attached hydrogens (tertiary/aromatic N) is 2. The Kier molecular flexibility index (Phi) is 3.15. The van der Waals surface area contributed by atoms with Crippen LogP contribution in [0, 0.1) is 5.82 Å². The van der Waals surface area contributed by atoms with E-state index in [1.807, 2.05) is 18.3 Å². The first-order valence-electron chi connectivity index (χ1n) is 7.72. The van der Waals surface area contributed by atoms with Gasteiger partial charge in [-0.25, -0.2) is 4.39 Å². The van der Waals surface area contributed by atoms with E-state index in [0.29, 0.717) is 11.2 Å². The van der Waals surface area contributed by atoms with E-state index in [4.69, 9.17) is 4.74 Å². The molecule has 2 aliphatic rings. The van der Waals surface area contributed by atoms with Crippen LogP contribution in [-0.4, -0.2) is 36.6 Å². The number of rotatable bonds is 3. The fraction of sp³-hybridized carbons (Fsp3) is 0.389. The molecule has 114 valence electrons. The van der Waals surface area contributed by atoms with Gasteiger partial charge < -0.3 is 9.64 Å². The van der Waals surface area contributed by atoms with Crippen LogP contribution in [0.5, 0.6) is 5.75 Å². The van der Waals surface area contributed by atoms with Crippen LogP contribution < -0.4 is 4.74 Å². The Morgan fingerprint density at radius 3 is 2.59 bits per heavy atom. The Labute approximate surface area is 129 Å². The van der Waals surface area contributed by atoms with Crippen LogP contribution in [-0.2, 0) is 5.41 Å². The molecule has 2 aromatic rings. The van der Waals surface area contributed by atoms with Crippen molar-refractivity contribution >= 4 is 0 Å². The average Bonchev–Trinajstić information content (AvgIpc) is 3.16. The first kappa shape index (κ1) is 13.7. The van der Waals surface area contributed by atoms with Gasteiger partial charge in [-0.1, -0.05) is 6.07 Å². The second-order valence-electron chi connectivity index (χ2n) is 6.37. The van der Waals surface area contributed by atoms with Gasteiger partial charge in [0, 0.05) is 29.8 Å². The van der Waals surface area contributed by atoms with E-state index in [1.54, 1.807) is 7.11 Å². The Bertz CT molecular complexity index is 691. The van der Waals surface area contributed by atoms with Crippen molar-refractivity contribution < 1.29 is 9.13 Å². The first-order valence-corrected chi connectivity index (χ1v) is 7.72. The lowest BCUT2D eigenvalue weighted by molar-refractivity contribution is 0.364. The highest BCUT2D eigenvalue weighted by atomic mass is 19.1. The first-order chi connectivity index (χ1) is 10.7. The molecule has 0 aliphatic carbocycles. The molecule has 0 amide bonds. The number of hydrogen-bond acceptors (Lipinski definition) is 3. The third-order valence-corrected chi connectivity index (χ3v) is 5.12. The standard InChI is InChI=1S/C18H19FN2O/c1-22-16-9-13(8-15(19)10-16)17-3-2-14(11-20-17)18-4-6-21(12-18)7-5-18/h2-3,8-11H,4-7,12H2,1H3. The molecule has 0 saturated carbocycles. The number of fused-ring (bicyclic) bond motifs is 2. The van der Waals surface area contributed by atoms with Gasteiger partial charge in [0.25, 0.3) is 0 Å². The fourth-order valence-electron chi connectivity index (χ4n) is 3.81. The molecule has 22 heavy (non-hydrogen) atoms. The Morgan fingerprint density at radius 2 is 2.00 bits per heavy atom. The van der Waals surface area contributed by atoms with Crippen LogP contribution in [0.4, 0.5) is 4.39 Å². The smallest absolute Gasteiger partial charge is 0.127 e. The normalized spacial score (nSPS) is 26.4. The molecule has 2 saturated heterocycles. The summed E-state index contributed by atoms with van der Waals surface area (Å²) in [4.78, 5) is 7.10. The molecule has 4 heteroatoms. The zero-order valence-corrected chi connectivity index (χ0v) is 12.7. The fourth-order valence-corrected chi connectivity index (χ4v) is 3.81. The van der Waals surface area contributed by atoms with Crippen molar-refractivity contribution in [3.8, 4) is 17.0 Å². The molecule has 3 heterocycles. The molecule has 0 N–H and O–H groups in total. The molecule has 1 aromatic carbocycles. The van der Waals surface area contributed by atoms with Crippen LogP contribution in [0.25, 0.3) is 11.3 Å². The zero-order chi connectivity index (χ0) is 15.2. The summed E-state index contributed by atoms with van der Waals surface area (Å²) in [6, 6.07) is 8.85. The maximum atomic E-state index is 13.6. The van der Waals surface area contributed by atoms with E-state index in [-0.39, 0.29) is 5.82 Å². The minimum Gasteiger partial charge on any atom is -0.497 e. The van der Waals surface area contributed by atoms with Crippen LogP contribution in [0.2, 0.25) is 0 Å². The molecule has 2 fully saturated rings. The van der Waals surface area contributed by atoms with E-state index in [0.717, 1.165) is 17.8 Å².